The molecule has 5 nitrogen and oxygen atoms in total. The Bertz CT molecular complexity index is 1300. The molecule has 0 saturated carbocycles. The monoisotopic (exact) mass is 487 g/mol. The number of para-hydroxylation sites is 3. The van der Waals surface area contributed by atoms with Crippen LogP contribution in [-0.4, -0.2) is 28.6 Å². The fraction of sp³-hybridized carbons (Fsp3) is 0.241. The quantitative estimate of drug-likeness (QED) is 0.190. The number of imidazole rings is 1. The van der Waals surface area contributed by atoms with E-state index in [1.54, 1.807) is 24.3 Å². The summed E-state index contributed by atoms with van der Waals surface area (Å²) in [6.45, 7) is 5.82. The van der Waals surface area contributed by atoms with Gasteiger partial charge in [0.15, 0.2) is 0 Å². The van der Waals surface area contributed by atoms with Crippen molar-refractivity contribution in [1.29, 1.82) is 0 Å². The molecule has 1 aromatic heterocycles. The third kappa shape index (κ3) is 6.52. The number of nitrogens with one attached hydrogen (secondary N) is 1. The molecule has 0 aliphatic rings. The van der Waals surface area contributed by atoms with E-state index in [0.29, 0.717) is 30.2 Å². The van der Waals surface area contributed by atoms with Crippen LogP contribution in [0, 0.1) is 0 Å². The first-order valence-electron chi connectivity index (χ1n) is 11.9. The van der Waals surface area contributed by atoms with Crippen LogP contribution in [0.2, 0.25) is 5.02 Å². The maximum Gasteiger partial charge on any atom is 0.251 e. The number of allylic oxidation sites excluding steroid dienone is 1. The summed E-state index contributed by atoms with van der Waals surface area (Å²) < 4.78 is 8.30. The fourth-order valence-corrected chi connectivity index (χ4v) is 4.30. The summed E-state index contributed by atoms with van der Waals surface area (Å²) in [6, 6.07) is 23.2. The average molecular weight is 488 g/mol. The number of aryl methyl sites for hydroxylation is 1. The number of carbonyl (C=O) groups excluding carboxylic acids is 1. The Hall–Kier alpha value is -3.57. The zero-order valence-electron chi connectivity index (χ0n) is 19.8. The molecule has 1 N–H and O–H groups in total. The number of ether oxygens (including phenoxy) is 1. The molecule has 0 fully saturated rings. The van der Waals surface area contributed by atoms with Crippen molar-refractivity contribution in [2.45, 2.75) is 32.2 Å². The van der Waals surface area contributed by atoms with Crippen LogP contribution in [0.15, 0.2) is 85.5 Å². The molecular weight excluding hydrogens is 458 g/mol. The number of fused-ring (bicyclic) bond motifs is 1. The van der Waals surface area contributed by atoms with Crippen molar-refractivity contribution in [3.8, 4) is 5.75 Å². The molecule has 0 saturated heterocycles. The second-order valence-electron chi connectivity index (χ2n) is 8.34. The number of hydrogen-bond donors (Lipinski definition) is 1. The summed E-state index contributed by atoms with van der Waals surface area (Å²) in [5.74, 6) is 1.76. The minimum atomic E-state index is -0.135. The van der Waals surface area contributed by atoms with Crippen LogP contribution in [0.5, 0.6) is 5.75 Å². The summed E-state index contributed by atoms with van der Waals surface area (Å²) in [6.07, 6.45) is 5.23. The summed E-state index contributed by atoms with van der Waals surface area (Å²) in [5, 5.41) is 3.53. The first-order chi connectivity index (χ1) is 17.2. The van der Waals surface area contributed by atoms with Gasteiger partial charge in [-0.05, 0) is 61.2 Å². The number of amides is 1. The van der Waals surface area contributed by atoms with Crippen LogP contribution in [0.25, 0.3) is 11.0 Å². The highest BCUT2D eigenvalue weighted by Gasteiger charge is 2.12. The Morgan fingerprint density at radius 1 is 1.06 bits per heavy atom. The summed E-state index contributed by atoms with van der Waals surface area (Å²) in [7, 11) is 0. The maximum absolute atomic E-state index is 12.5. The predicted octanol–water partition coefficient (Wildman–Crippen LogP) is 6.25. The van der Waals surface area contributed by atoms with E-state index in [2.05, 4.69) is 28.6 Å². The van der Waals surface area contributed by atoms with Gasteiger partial charge in [0.05, 0.1) is 17.6 Å². The van der Waals surface area contributed by atoms with Crippen LogP contribution in [0.4, 0.5) is 0 Å². The molecule has 0 spiro atoms. The van der Waals surface area contributed by atoms with Gasteiger partial charge in [0.2, 0.25) is 0 Å². The SMILES string of the molecule is C=CCc1ccccc1OCCCCn1c(CCNC(=O)c2cccc(Cl)c2)nc2ccccc21. The van der Waals surface area contributed by atoms with Crippen LogP contribution in [-0.2, 0) is 19.4 Å². The first-order valence-corrected chi connectivity index (χ1v) is 12.3. The lowest BCUT2D eigenvalue weighted by Gasteiger charge is -2.12. The molecule has 0 atom stereocenters. The molecule has 4 rings (SSSR count). The van der Waals surface area contributed by atoms with E-state index in [4.69, 9.17) is 21.3 Å². The number of aromatic nitrogens is 2. The Morgan fingerprint density at radius 3 is 2.74 bits per heavy atom. The third-order valence-electron chi connectivity index (χ3n) is 5.83. The predicted molar refractivity (Wildman–Crippen MR) is 142 cm³/mol. The van der Waals surface area contributed by atoms with Crippen molar-refractivity contribution in [3.63, 3.8) is 0 Å². The van der Waals surface area contributed by atoms with Gasteiger partial charge in [-0.1, -0.05) is 54.1 Å². The van der Waals surface area contributed by atoms with E-state index in [0.717, 1.165) is 54.0 Å². The molecule has 0 aliphatic heterocycles. The highest BCUT2D eigenvalue weighted by Crippen LogP contribution is 2.20. The van der Waals surface area contributed by atoms with E-state index < -0.39 is 0 Å². The van der Waals surface area contributed by atoms with E-state index in [1.165, 1.54) is 0 Å². The zero-order chi connectivity index (χ0) is 24.5. The number of unbranched alkanes of at least 4 members (excludes halogenated alkanes) is 1. The lowest BCUT2D eigenvalue weighted by molar-refractivity contribution is 0.0954. The second-order valence-corrected chi connectivity index (χ2v) is 8.78. The standard InChI is InChI=1S/C29H30ClN3O2/c1-2-10-22-11-3-6-16-27(22)35-20-8-7-19-33-26-15-5-4-14-25(26)32-28(33)17-18-31-29(34)23-12-9-13-24(30)21-23/h2-6,9,11-16,21H,1,7-8,10,17-20H2,(H,31,34). The van der Waals surface area contributed by atoms with Crippen LogP contribution in [0.3, 0.4) is 0 Å². The molecule has 4 aromatic rings. The third-order valence-corrected chi connectivity index (χ3v) is 6.06. The Balaban J connectivity index is 1.33. The van der Waals surface area contributed by atoms with Gasteiger partial charge in [-0.25, -0.2) is 4.98 Å². The van der Waals surface area contributed by atoms with Crippen molar-refractivity contribution in [3.05, 3.63) is 107 Å². The van der Waals surface area contributed by atoms with Crippen molar-refractivity contribution >= 4 is 28.5 Å². The van der Waals surface area contributed by atoms with Crippen LogP contribution >= 0.6 is 11.6 Å². The van der Waals surface area contributed by atoms with E-state index >= 15 is 0 Å². The van der Waals surface area contributed by atoms with Gasteiger partial charge in [-0.3, -0.25) is 4.79 Å². The summed E-state index contributed by atoms with van der Waals surface area (Å²) in [5.41, 5.74) is 3.80. The van der Waals surface area contributed by atoms with Gasteiger partial charge < -0.3 is 14.6 Å². The summed E-state index contributed by atoms with van der Waals surface area (Å²) >= 11 is 6.01. The van der Waals surface area contributed by atoms with Gasteiger partial charge in [-0.15, -0.1) is 6.58 Å². The highest BCUT2D eigenvalue weighted by atomic mass is 35.5. The first kappa shape index (κ1) is 24.6. The lowest BCUT2D eigenvalue weighted by Crippen LogP contribution is -2.26. The molecule has 0 radical (unpaired) electrons. The van der Waals surface area contributed by atoms with E-state index in [-0.39, 0.29) is 5.91 Å². The van der Waals surface area contributed by atoms with Gasteiger partial charge in [0, 0.05) is 30.1 Å². The second kappa shape index (κ2) is 12.2. The minimum Gasteiger partial charge on any atom is -0.493 e. The molecule has 0 unspecified atom stereocenters. The number of hydrogen-bond acceptors (Lipinski definition) is 3. The number of benzene rings is 3. The number of halogens is 1. The van der Waals surface area contributed by atoms with E-state index in [1.807, 2.05) is 42.5 Å². The molecule has 180 valence electrons. The fourth-order valence-electron chi connectivity index (χ4n) is 4.11. The van der Waals surface area contributed by atoms with Crippen molar-refractivity contribution in [1.82, 2.24) is 14.9 Å². The van der Waals surface area contributed by atoms with Gasteiger partial charge in [0.25, 0.3) is 5.91 Å². The van der Waals surface area contributed by atoms with Crippen molar-refractivity contribution in [2.24, 2.45) is 0 Å². The van der Waals surface area contributed by atoms with Crippen LogP contribution < -0.4 is 10.1 Å². The molecule has 3 aromatic carbocycles. The van der Waals surface area contributed by atoms with Gasteiger partial charge in [-0.2, -0.15) is 0 Å². The molecule has 1 heterocycles. The van der Waals surface area contributed by atoms with Gasteiger partial charge >= 0.3 is 0 Å². The molecule has 0 bridgehead atoms. The van der Waals surface area contributed by atoms with Crippen molar-refractivity contribution in [2.75, 3.05) is 13.2 Å². The largest absolute Gasteiger partial charge is 0.493 e. The summed E-state index contributed by atoms with van der Waals surface area (Å²) in [4.78, 5) is 17.3. The average Bonchev–Trinajstić information content (AvgIpc) is 3.22. The Kier molecular flexibility index (Phi) is 8.58. The highest BCUT2D eigenvalue weighted by molar-refractivity contribution is 6.30. The normalized spacial score (nSPS) is 10.9. The van der Waals surface area contributed by atoms with E-state index in [9.17, 15) is 4.79 Å². The number of nitrogens with zero attached hydrogens (tertiary/aromatic N) is 2. The van der Waals surface area contributed by atoms with Gasteiger partial charge in [0.1, 0.15) is 11.6 Å². The molecule has 35 heavy (non-hydrogen) atoms. The molecule has 6 heteroatoms. The zero-order valence-corrected chi connectivity index (χ0v) is 20.5. The maximum atomic E-state index is 12.5. The Labute approximate surface area is 211 Å². The number of carbonyl (C=O) groups is 1. The van der Waals surface area contributed by atoms with Crippen LogP contribution in [0.1, 0.15) is 34.6 Å². The Morgan fingerprint density at radius 2 is 1.89 bits per heavy atom. The smallest absolute Gasteiger partial charge is 0.251 e. The van der Waals surface area contributed by atoms with Crippen molar-refractivity contribution < 1.29 is 9.53 Å². The molecular formula is C29H30ClN3O2. The number of rotatable bonds is 12. The topological polar surface area (TPSA) is 56.1 Å². The molecule has 1 amide bonds. The minimum absolute atomic E-state index is 0.135. The lowest BCUT2D eigenvalue weighted by atomic mass is 10.1. The molecule has 0 aliphatic carbocycles.